The molecule has 2 aromatic rings. The van der Waals surface area contributed by atoms with Gasteiger partial charge in [0, 0.05) is 21.8 Å². The van der Waals surface area contributed by atoms with Crippen LogP contribution in [0.5, 0.6) is 5.75 Å². The number of carbonyl (C=O) groups is 2. The van der Waals surface area contributed by atoms with Gasteiger partial charge in [-0.1, -0.05) is 40.2 Å². The van der Waals surface area contributed by atoms with Crippen molar-refractivity contribution in [3.05, 3.63) is 70.7 Å². The minimum absolute atomic E-state index is 0.119. The second kappa shape index (κ2) is 13.4. The highest BCUT2D eigenvalue weighted by atomic mass is 79.9. The number of anilines is 1. The molecular weight excluding hydrogens is 468 g/mol. The van der Waals surface area contributed by atoms with E-state index >= 15 is 0 Å². The van der Waals surface area contributed by atoms with Crippen molar-refractivity contribution in [3.63, 3.8) is 0 Å². The standard InChI is InChI=1S/C22H25BrN2O6/c23-16-10-12-17(13-11-16)24-22(28)31-20(8-2-1-3-9-21(27)25-29)18-6-4-5-7-19(18)30-15-14-26/h3-7,9-13,20,26,29H,1-2,8,14-15H2,(H,24,28)(H,25,27)/b9-3+/t20-/m0/s1. The van der Waals surface area contributed by atoms with E-state index in [1.165, 1.54) is 11.6 Å². The van der Waals surface area contributed by atoms with Crippen LogP contribution in [0.25, 0.3) is 0 Å². The van der Waals surface area contributed by atoms with Crippen molar-refractivity contribution in [2.75, 3.05) is 18.5 Å². The zero-order valence-electron chi connectivity index (χ0n) is 16.8. The summed E-state index contributed by atoms with van der Waals surface area (Å²) in [6.45, 7) is -0.0184. The largest absolute Gasteiger partial charge is 0.491 e. The lowest BCUT2D eigenvalue weighted by Crippen LogP contribution is -2.18. The van der Waals surface area contributed by atoms with Crippen molar-refractivity contribution in [1.29, 1.82) is 0 Å². The first-order chi connectivity index (χ1) is 15.0. The topological polar surface area (TPSA) is 117 Å². The summed E-state index contributed by atoms with van der Waals surface area (Å²) >= 11 is 3.35. The third-order valence-corrected chi connectivity index (χ3v) is 4.70. The third-order valence-electron chi connectivity index (χ3n) is 4.17. The van der Waals surface area contributed by atoms with E-state index in [9.17, 15) is 9.59 Å². The zero-order valence-corrected chi connectivity index (χ0v) is 18.4. The lowest BCUT2D eigenvalue weighted by molar-refractivity contribution is -0.124. The second-order valence-corrected chi connectivity index (χ2v) is 7.36. The number of aliphatic hydroxyl groups excluding tert-OH is 1. The Hall–Kier alpha value is -2.88. The van der Waals surface area contributed by atoms with Crippen molar-refractivity contribution in [1.82, 2.24) is 5.48 Å². The summed E-state index contributed by atoms with van der Waals surface area (Å²) in [5, 5.41) is 20.3. The first-order valence-electron chi connectivity index (χ1n) is 9.70. The highest BCUT2D eigenvalue weighted by molar-refractivity contribution is 9.10. The summed E-state index contributed by atoms with van der Waals surface area (Å²) in [5.74, 6) is -0.0855. The van der Waals surface area contributed by atoms with Crippen molar-refractivity contribution in [2.24, 2.45) is 0 Å². The van der Waals surface area contributed by atoms with Crippen LogP contribution in [0.1, 0.15) is 30.9 Å². The Labute approximate surface area is 189 Å². The molecule has 0 saturated heterocycles. The SMILES string of the molecule is O=C(/C=C/CCC[C@H](OC(=O)Nc1ccc(Br)cc1)c1ccccc1OCCO)NO. The normalized spacial score (nSPS) is 11.7. The first-order valence-corrected chi connectivity index (χ1v) is 10.5. The molecule has 0 radical (unpaired) electrons. The van der Waals surface area contributed by atoms with Crippen LogP contribution in [0.2, 0.25) is 0 Å². The summed E-state index contributed by atoms with van der Waals surface area (Å²) in [5.41, 5.74) is 2.80. The third kappa shape index (κ3) is 8.79. The smallest absolute Gasteiger partial charge is 0.412 e. The van der Waals surface area contributed by atoms with Gasteiger partial charge in [-0.3, -0.25) is 15.3 Å². The average molecular weight is 493 g/mol. The van der Waals surface area contributed by atoms with Crippen LogP contribution in [0.3, 0.4) is 0 Å². The van der Waals surface area contributed by atoms with Crippen LogP contribution < -0.4 is 15.5 Å². The fourth-order valence-corrected chi connectivity index (χ4v) is 3.03. The predicted molar refractivity (Wildman–Crippen MR) is 119 cm³/mol. The van der Waals surface area contributed by atoms with Gasteiger partial charge in [0.1, 0.15) is 18.5 Å². The number of hydrogen-bond donors (Lipinski definition) is 4. The molecule has 2 amide bonds. The fourth-order valence-electron chi connectivity index (χ4n) is 2.77. The summed E-state index contributed by atoms with van der Waals surface area (Å²) in [6.07, 6.45) is 3.26. The minimum Gasteiger partial charge on any atom is -0.491 e. The van der Waals surface area contributed by atoms with E-state index in [4.69, 9.17) is 19.8 Å². The Morgan fingerprint density at radius 1 is 1.13 bits per heavy atom. The molecule has 0 fully saturated rings. The maximum absolute atomic E-state index is 12.5. The maximum Gasteiger partial charge on any atom is 0.412 e. The molecule has 166 valence electrons. The van der Waals surface area contributed by atoms with Gasteiger partial charge < -0.3 is 14.6 Å². The summed E-state index contributed by atoms with van der Waals surface area (Å²) in [4.78, 5) is 23.6. The Morgan fingerprint density at radius 2 is 1.87 bits per heavy atom. The fraction of sp³-hybridized carbons (Fsp3) is 0.273. The van der Waals surface area contributed by atoms with Gasteiger partial charge in [-0.2, -0.15) is 0 Å². The molecule has 0 bridgehead atoms. The van der Waals surface area contributed by atoms with Gasteiger partial charge in [-0.25, -0.2) is 10.3 Å². The average Bonchev–Trinajstić information content (AvgIpc) is 2.78. The monoisotopic (exact) mass is 492 g/mol. The number of amides is 2. The Balaban J connectivity index is 2.09. The van der Waals surface area contributed by atoms with Gasteiger partial charge in [-0.15, -0.1) is 0 Å². The molecule has 0 saturated carbocycles. The Bertz CT molecular complexity index is 873. The molecule has 2 aromatic carbocycles. The maximum atomic E-state index is 12.5. The van der Waals surface area contributed by atoms with Crippen LogP contribution in [0, 0.1) is 0 Å². The number of rotatable bonds is 11. The van der Waals surface area contributed by atoms with Crippen molar-refractivity contribution >= 4 is 33.6 Å². The molecule has 0 unspecified atom stereocenters. The number of allylic oxidation sites excluding steroid dienone is 1. The number of unbranched alkanes of at least 4 members (excludes halogenated alkanes) is 1. The van der Waals surface area contributed by atoms with Crippen LogP contribution in [-0.2, 0) is 9.53 Å². The van der Waals surface area contributed by atoms with Crippen molar-refractivity contribution in [3.8, 4) is 5.75 Å². The molecule has 0 aliphatic heterocycles. The highest BCUT2D eigenvalue weighted by Crippen LogP contribution is 2.32. The molecular formula is C22H25BrN2O6. The molecule has 8 nitrogen and oxygen atoms in total. The minimum atomic E-state index is -0.612. The second-order valence-electron chi connectivity index (χ2n) is 6.45. The van der Waals surface area contributed by atoms with Gasteiger partial charge in [0.15, 0.2) is 0 Å². The van der Waals surface area contributed by atoms with Crippen LogP contribution in [0.15, 0.2) is 65.2 Å². The number of carbonyl (C=O) groups excluding carboxylic acids is 2. The van der Waals surface area contributed by atoms with E-state index in [0.29, 0.717) is 36.3 Å². The van der Waals surface area contributed by atoms with Crippen LogP contribution in [-0.4, -0.2) is 35.5 Å². The summed E-state index contributed by atoms with van der Waals surface area (Å²) < 4.78 is 12.2. The lowest BCUT2D eigenvalue weighted by Gasteiger charge is -2.21. The quantitative estimate of drug-likeness (QED) is 0.160. The summed E-state index contributed by atoms with van der Waals surface area (Å²) in [7, 11) is 0. The number of hydrogen-bond acceptors (Lipinski definition) is 6. The molecule has 0 aliphatic rings. The van der Waals surface area contributed by atoms with E-state index in [0.717, 1.165) is 4.47 Å². The van der Waals surface area contributed by atoms with E-state index < -0.39 is 18.1 Å². The van der Waals surface area contributed by atoms with Gasteiger partial charge in [0.25, 0.3) is 5.91 Å². The number of halogens is 1. The van der Waals surface area contributed by atoms with Gasteiger partial charge in [0.05, 0.1) is 6.61 Å². The molecule has 0 spiro atoms. The number of para-hydroxylation sites is 1. The van der Waals surface area contributed by atoms with Crippen molar-refractivity contribution in [2.45, 2.75) is 25.4 Å². The number of hydroxylamine groups is 1. The van der Waals surface area contributed by atoms with E-state index in [1.807, 2.05) is 6.07 Å². The summed E-state index contributed by atoms with van der Waals surface area (Å²) in [6, 6.07) is 14.3. The zero-order chi connectivity index (χ0) is 22.5. The van der Waals surface area contributed by atoms with Crippen LogP contribution in [0.4, 0.5) is 10.5 Å². The highest BCUT2D eigenvalue weighted by Gasteiger charge is 2.20. The molecule has 1 atom stereocenters. The van der Waals surface area contributed by atoms with Crippen LogP contribution >= 0.6 is 15.9 Å². The molecule has 0 aliphatic carbocycles. The van der Waals surface area contributed by atoms with E-state index in [-0.39, 0.29) is 13.2 Å². The van der Waals surface area contributed by atoms with Crippen molar-refractivity contribution < 1.29 is 29.4 Å². The van der Waals surface area contributed by atoms with Gasteiger partial charge >= 0.3 is 6.09 Å². The van der Waals surface area contributed by atoms with E-state index in [1.54, 1.807) is 48.5 Å². The first kappa shape index (κ1) is 24.4. The molecule has 9 heteroatoms. The number of aliphatic hydroxyl groups is 1. The molecule has 0 heterocycles. The molecule has 4 N–H and O–H groups in total. The molecule has 2 rings (SSSR count). The van der Waals surface area contributed by atoms with Gasteiger partial charge in [0.2, 0.25) is 0 Å². The Morgan fingerprint density at radius 3 is 2.58 bits per heavy atom. The molecule has 0 aromatic heterocycles. The predicted octanol–water partition coefficient (Wildman–Crippen LogP) is 4.34. The number of benzene rings is 2. The lowest BCUT2D eigenvalue weighted by atomic mass is 10.0. The Kier molecular flexibility index (Phi) is 10.6. The van der Waals surface area contributed by atoms with E-state index in [2.05, 4.69) is 21.2 Å². The number of nitrogens with one attached hydrogen (secondary N) is 2. The number of ether oxygens (including phenoxy) is 2. The van der Waals surface area contributed by atoms with Gasteiger partial charge in [-0.05, 0) is 49.6 Å². The molecule has 31 heavy (non-hydrogen) atoms.